The number of aryl methyl sites for hydroxylation is 1. The standard InChI is InChI=1S/C18H25BO4/c1-12-6-7-13(14-8-9-16(20)21-11-14)10-15(12)19-22-17(2,3)18(4,5)23-19/h6-7,10,14H,8-9,11H2,1-5H3/t14-/m1/s1. The first-order chi connectivity index (χ1) is 10.7. The van der Waals surface area contributed by atoms with Gasteiger partial charge in [0.25, 0.3) is 0 Å². The molecule has 0 bridgehead atoms. The Hall–Kier alpha value is -1.33. The molecule has 2 heterocycles. The lowest BCUT2D eigenvalue weighted by atomic mass is 9.74. The normalized spacial score (nSPS) is 26.2. The number of hydrogen-bond acceptors (Lipinski definition) is 4. The molecule has 0 N–H and O–H groups in total. The van der Waals surface area contributed by atoms with E-state index in [1.165, 1.54) is 5.56 Å². The van der Waals surface area contributed by atoms with Gasteiger partial charge in [-0.15, -0.1) is 0 Å². The molecule has 0 saturated carbocycles. The molecule has 1 aromatic carbocycles. The van der Waals surface area contributed by atoms with Crippen molar-refractivity contribution in [3.8, 4) is 0 Å². The number of benzene rings is 1. The zero-order chi connectivity index (χ0) is 16.8. The van der Waals surface area contributed by atoms with Crippen LogP contribution in [0.15, 0.2) is 18.2 Å². The molecule has 2 saturated heterocycles. The molecule has 3 rings (SSSR count). The Morgan fingerprint density at radius 3 is 2.35 bits per heavy atom. The van der Waals surface area contributed by atoms with Gasteiger partial charge < -0.3 is 14.0 Å². The van der Waals surface area contributed by atoms with E-state index < -0.39 is 0 Å². The summed E-state index contributed by atoms with van der Waals surface area (Å²) >= 11 is 0. The van der Waals surface area contributed by atoms with Gasteiger partial charge in [-0.25, -0.2) is 0 Å². The smallest absolute Gasteiger partial charge is 0.465 e. The summed E-state index contributed by atoms with van der Waals surface area (Å²) in [7, 11) is -0.355. The molecule has 23 heavy (non-hydrogen) atoms. The van der Waals surface area contributed by atoms with Crippen LogP contribution in [0.1, 0.15) is 57.6 Å². The fourth-order valence-electron chi connectivity index (χ4n) is 3.04. The van der Waals surface area contributed by atoms with Crippen LogP contribution in [0.5, 0.6) is 0 Å². The van der Waals surface area contributed by atoms with Crippen molar-refractivity contribution in [2.45, 2.75) is 64.6 Å². The van der Waals surface area contributed by atoms with Gasteiger partial charge in [0, 0.05) is 12.3 Å². The van der Waals surface area contributed by atoms with Gasteiger partial charge in [-0.2, -0.15) is 0 Å². The minimum absolute atomic E-state index is 0.0976. The van der Waals surface area contributed by atoms with Crippen LogP contribution in [0.25, 0.3) is 0 Å². The van der Waals surface area contributed by atoms with Gasteiger partial charge in [-0.1, -0.05) is 23.8 Å². The minimum Gasteiger partial charge on any atom is -0.465 e. The third-order valence-corrected chi connectivity index (χ3v) is 5.42. The molecule has 124 valence electrons. The fraction of sp³-hybridized carbons (Fsp3) is 0.611. The summed E-state index contributed by atoms with van der Waals surface area (Å²) in [5.41, 5.74) is 2.71. The van der Waals surface area contributed by atoms with Crippen molar-refractivity contribution in [3.63, 3.8) is 0 Å². The van der Waals surface area contributed by atoms with E-state index in [-0.39, 0.29) is 30.2 Å². The summed E-state index contributed by atoms with van der Waals surface area (Å²) in [6, 6.07) is 6.38. The summed E-state index contributed by atoms with van der Waals surface area (Å²) in [4.78, 5) is 11.3. The summed E-state index contributed by atoms with van der Waals surface area (Å²) in [5.74, 6) is 0.161. The first-order valence-electron chi connectivity index (χ1n) is 8.31. The van der Waals surface area contributed by atoms with Crippen molar-refractivity contribution in [1.29, 1.82) is 0 Å². The maximum absolute atomic E-state index is 11.3. The Morgan fingerprint density at radius 2 is 1.78 bits per heavy atom. The van der Waals surface area contributed by atoms with Gasteiger partial charge >= 0.3 is 13.1 Å². The summed E-state index contributed by atoms with van der Waals surface area (Å²) < 4.78 is 17.6. The zero-order valence-electron chi connectivity index (χ0n) is 14.6. The van der Waals surface area contributed by atoms with Crippen LogP contribution in [0.4, 0.5) is 0 Å². The molecule has 0 spiro atoms. The molecule has 0 aromatic heterocycles. The number of hydrogen-bond donors (Lipinski definition) is 0. The number of carbonyl (C=O) groups excluding carboxylic acids is 1. The molecule has 2 fully saturated rings. The highest BCUT2D eigenvalue weighted by atomic mass is 16.7. The van der Waals surface area contributed by atoms with E-state index in [1.807, 2.05) is 0 Å². The van der Waals surface area contributed by atoms with Crippen LogP contribution in [0.2, 0.25) is 0 Å². The first-order valence-corrected chi connectivity index (χ1v) is 8.31. The van der Waals surface area contributed by atoms with Crippen molar-refractivity contribution in [3.05, 3.63) is 29.3 Å². The number of cyclic esters (lactones) is 1. The second kappa shape index (κ2) is 5.64. The molecular formula is C18H25BO4. The van der Waals surface area contributed by atoms with Gasteiger partial charge in [-0.05, 0) is 52.1 Å². The number of rotatable bonds is 2. The molecule has 0 amide bonds. The summed E-state index contributed by atoms with van der Waals surface area (Å²) in [6.07, 6.45) is 1.33. The van der Waals surface area contributed by atoms with Crippen LogP contribution >= 0.6 is 0 Å². The van der Waals surface area contributed by atoms with Crippen molar-refractivity contribution in [2.75, 3.05) is 6.61 Å². The largest absolute Gasteiger partial charge is 0.495 e. The average Bonchev–Trinajstić information content (AvgIpc) is 2.69. The third kappa shape index (κ3) is 3.04. The van der Waals surface area contributed by atoms with E-state index in [9.17, 15) is 4.79 Å². The first kappa shape index (κ1) is 16.5. The molecule has 0 aliphatic carbocycles. The monoisotopic (exact) mass is 316 g/mol. The van der Waals surface area contributed by atoms with E-state index >= 15 is 0 Å². The molecule has 0 unspecified atom stereocenters. The molecule has 2 aliphatic rings. The quantitative estimate of drug-likeness (QED) is 0.622. The molecule has 2 aliphatic heterocycles. The van der Waals surface area contributed by atoms with Gasteiger partial charge in [-0.3, -0.25) is 4.79 Å². The highest BCUT2D eigenvalue weighted by Gasteiger charge is 2.52. The highest BCUT2D eigenvalue weighted by Crippen LogP contribution is 2.37. The topological polar surface area (TPSA) is 44.8 Å². The molecular weight excluding hydrogens is 291 g/mol. The van der Waals surface area contributed by atoms with Crippen LogP contribution in [0.3, 0.4) is 0 Å². The minimum atomic E-state index is -0.355. The number of ether oxygens (including phenoxy) is 1. The second-order valence-electron chi connectivity index (χ2n) is 7.62. The average molecular weight is 316 g/mol. The third-order valence-electron chi connectivity index (χ3n) is 5.42. The SMILES string of the molecule is Cc1ccc([C@@H]2CCC(=O)OC2)cc1B1OC(C)(C)C(C)(C)O1. The van der Waals surface area contributed by atoms with Crippen LogP contribution in [-0.4, -0.2) is 30.9 Å². The Labute approximate surface area is 138 Å². The lowest BCUT2D eigenvalue weighted by molar-refractivity contribution is -0.147. The Kier molecular flexibility index (Phi) is 4.05. The molecule has 5 heteroatoms. The Morgan fingerprint density at radius 1 is 1.13 bits per heavy atom. The van der Waals surface area contributed by atoms with E-state index in [0.29, 0.717) is 13.0 Å². The van der Waals surface area contributed by atoms with E-state index in [2.05, 4.69) is 52.8 Å². The second-order valence-corrected chi connectivity index (χ2v) is 7.62. The predicted molar refractivity (Wildman–Crippen MR) is 89.8 cm³/mol. The Balaban J connectivity index is 1.86. The summed E-state index contributed by atoms with van der Waals surface area (Å²) in [6.45, 7) is 10.8. The van der Waals surface area contributed by atoms with Crippen molar-refractivity contribution in [2.24, 2.45) is 0 Å². The maximum Gasteiger partial charge on any atom is 0.495 e. The lowest BCUT2D eigenvalue weighted by Gasteiger charge is -2.32. The molecule has 0 radical (unpaired) electrons. The van der Waals surface area contributed by atoms with Crippen LogP contribution in [0, 0.1) is 6.92 Å². The Bertz CT molecular complexity index is 597. The van der Waals surface area contributed by atoms with Gasteiger partial charge in [0.15, 0.2) is 0 Å². The number of carbonyl (C=O) groups is 1. The maximum atomic E-state index is 11.3. The lowest BCUT2D eigenvalue weighted by Crippen LogP contribution is -2.41. The van der Waals surface area contributed by atoms with E-state index in [0.717, 1.165) is 17.4 Å². The number of esters is 1. The van der Waals surface area contributed by atoms with Gasteiger partial charge in [0.1, 0.15) is 0 Å². The van der Waals surface area contributed by atoms with E-state index in [4.69, 9.17) is 14.0 Å². The summed E-state index contributed by atoms with van der Waals surface area (Å²) in [5, 5.41) is 0. The highest BCUT2D eigenvalue weighted by molar-refractivity contribution is 6.62. The van der Waals surface area contributed by atoms with Gasteiger partial charge in [0.2, 0.25) is 0 Å². The molecule has 4 nitrogen and oxygen atoms in total. The predicted octanol–water partition coefficient (Wildman–Crippen LogP) is 2.71. The molecule has 1 atom stereocenters. The van der Waals surface area contributed by atoms with Gasteiger partial charge in [0.05, 0.1) is 17.8 Å². The molecule has 1 aromatic rings. The fourth-order valence-corrected chi connectivity index (χ4v) is 3.04. The van der Waals surface area contributed by atoms with E-state index in [1.54, 1.807) is 0 Å². The van der Waals surface area contributed by atoms with Crippen molar-refractivity contribution in [1.82, 2.24) is 0 Å². The zero-order valence-corrected chi connectivity index (χ0v) is 14.6. The van der Waals surface area contributed by atoms with Crippen LogP contribution < -0.4 is 5.46 Å². The van der Waals surface area contributed by atoms with Crippen molar-refractivity contribution >= 4 is 18.6 Å². The van der Waals surface area contributed by atoms with Crippen molar-refractivity contribution < 1.29 is 18.8 Å². The van der Waals surface area contributed by atoms with Crippen LogP contribution in [-0.2, 0) is 18.8 Å².